The maximum atomic E-state index is 12.3. The first-order chi connectivity index (χ1) is 11.1. The van der Waals surface area contributed by atoms with E-state index in [0.717, 1.165) is 16.0 Å². The number of methoxy groups -OCH3 is 1. The summed E-state index contributed by atoms with van der Waals surface area (Å²) in [6.45, 7) is 0. The molecule has 5 heteroatoms. The molecular formula is C18H15NO3S. The molecule has 0 radical (unpaired) electrons. The monoisotopic (exact) mass is 325 g/mol. The van der Waals surface area contributed by atoms with Gasteiger partial charge in [0.15, 0.2) is 0 Å². The van der Waals surface area contributed by atoms with Crippen LogP contribution in [0.3, 0.4) is 0 Å². The molecule has 4 nitrogen and oxygen atoms in total. The Morgan fingerprint density at radius 2 is 2.00 bits per heavy atom. The zero-order chi connectivity index (χ0) is 16.4. The molecule has 1 heterocycles. The number of carbonyl (C=O) groups excluding carboxylic acids is 2. The Kier molecular flexibility index (Phi) is 4.21. The minimum atomic E-state index is -0.424. The van der Waals surface area contributed by atoms with E-state index in [0.29, 0.717) is 16.8 Å². The molecule has 0 unspecified atom stereocenters. The second-order valence-corrected chi connectivity index (χ2v) is 5.85. The molecule has 0 saturated heterocycles. The highest BCUT2D eigenvalue weighted by atomic mass is 32.2. The molecule has 2 aromatic carbocycles. The third-order valence-electron chi connectivity index (χ3n) is 3.66. The zero-order valence-corrected chi connectivity index (χ0v) is 13.6. The van der Waals surface area contributed by atoms with Gasteiger partial charge in [0.05, 0.1) is 12.7 Å². The van der Waals surface area contributed by atoms with Gasteiger partial charge in [0.2, 0.25) is 0 Å². The normalized spacial score (nSPS) is 14.5. The van der Waals surface area contributed by atoms with Crippen molar-refractivity contribution in [2.75, 3.05) is 18.7 Å². The van der Waals surface area contributed by atoms with Crippen molar-refractivity contribution in [3.05, 3.63) is 59.2 Å². The van der Waals surface area contributed by atoms with Crippen LogP contribution in [0.2, 0.25) is 0 Å². The van der Waals surface area contributed by atoms with E-state index >= 15 is 0 Å². The Morgan fingerprint density at radius 3 is 2.74 bits per heavy atom. The fourth-order valence-electron chi connectivity index (χ4n) is 2.52. The van der Waals surface area contributed by atoms with Crippen LogP contribution in [0, 0.1) is 0 Å². The van der Waals surface area contributed by atoms with Gasteiger partial charge in [-0.2, -0.15) is 0 Å². The first-order valence-corrected chi connectivity index (χ1v) is 8.25. The van der Waals surface area contributed by atoms with Crippen LogP contribution >= 0.6 is 11.8 Å². The van der Waals surface area contributed by atoms with E-state index in [1.807, 2.05) is 36.6 Å². The number of ether oxygens (including phenoxy) is 1. The number of rotatable bonds is 3. The number of amides is 1. The van der Waals surface area contributed by atoms with Crippen molar-refractivity contribution < 1.29 is 14.3 Å². The van der Waals surface area contributed by atoms with Crippen LogP contribution in [-0.4, -0.2) is 25.2 Å². The van der Waals surface area contributed by atoms with Gasteiger partial charge >= 0.3 is 5.97 Å². The summed E-state index contributed by atoms with van der Waals surface area (Å²) in [5, 5.41) is 2.80. The van der Waals surface area contributed by atoms with E-state index in [1.54, 1.807) is 30.0 Å². The van der Waals surface area contributed by atoms with E-state index in [9.17, 15) is 9.59 Å². The molecule has 1 N–H and O–H groups in total. The third kappa shape index (κ3) is 2.87. The first-order valence-electron chi connectivity index (χ1n) is 7.03. The molecule has 3 rings (SSSR count). The van der Waals surface area contributed by atoms with Crippen molar-refractivity contribution in [2.24, 2.45) is 0 Å². The van der Waals surface area contributed by atoms with Crippen molar-refractivity contribution >= 4 is 41.0 Å². The Balaban J connectivity index is 2.05. The van der Waals surface area contributed by atoms with Crippen molar-refractivity contribution in [2.45, 2.75) is 4.90 Å². The minimum Gasteiger partial charge on any atom is -0.465 e. The highest BCUT2D eigenvalue weighted by Crippen LogP contribution is 2.35. The predicted molar refractivity (Wildman–Crippen MR) is 92.5 cm³/mol. The molecule has 1 aliphatic heterocycles. The molecule has 23 heavy (non-hydrogen) atoms. The van der Waals surface area contributed by atoms with E-state index in [4.69, 9.17) is 4.74 Å². The lowest BCUT2D eigenvalue weighted by molar-refractivity contribution is -0.110. The van der Waals surface area contributed by atoms with E-state index < -0.39 is 5.97 Å². The molecule has 116 valence electrons. The molecule has 1 amide bonds. The summed E-state index contributed by atoms with van der Waals surface area (Å²) >= 11 is 1.63. The lowest BCUT2D eigenvalue weighted by atomic mass is 10.0. The molecule has 0 spiro atoms. The largest absolute Gasteiger partial charge is 0.465 e. The van der Waals surface area contributed by atoms with Crippen LogP contribution in [-0.2, 0) is 9.53 Å². The van der Waals surface area contributed by atoms with E-state index in [1.165, 1.54) is 7.11 Å². The van der Waals surface area contributed by atoms with E-state index in [-0.39, 0.29) is 5.91 Å². The lowest BCUT2D eigenvalue weighted by Gasteiger charge is -2.04. The molecular weight excluding hydrogens is 310 g/mol. The van der Waals surface area contributed by atoms with Crippen LogP contribution in [0.5, 0.6) is 0 Å². The number of anilines is 1. The third-order valence-corrected chi connectivity index (χ3v) is 4.47. The number of carbonyl (C=O) groups is 2. The van der Waals surface area contributed by atoms with Gasteiger partial charge in [0.25, 0.3) is 5.91 Å². The fraction of sp³-hybridized carbons (Fsp3) is 0.111. The van der Waals surface area contributed by atoms with Crippen molar-refractivity contribution in [1.82, 2.24) is 0 Å². The second-order valence-electron chi connectivity index (χ2n) is 5.01. The van der Waals surface area contributed by atoms with Crippen molar-refractivity contribution in [3.63, 3.8) is 0 Å². The summed E-state index contributed by atoms with van der Waals surface area (Å²) < 4.78 is 4.71. The molecule has 0 fully saturated rings. The zero-order valence-electron chi connectivity index (χ0n) is 12.8. The topological polar surface area (TPSA) is 55.4 Å². The summed E-state index contributed by atoms with van der Waals surface area (Å²) in [5.74, 6) is -0.592. The summed E-state index contributed by atoms with van der Waals surface area (Å²) in [6.07, 6.45) is 3.88. The number of hydrogen-bond acceptors (Lipinski definition) is 4. The highest BCUT2D eigenvalue weighted by molar-refractivity contribution is 7.98. The molecule has 1 aliphatic rings. The fourth-order valence-corrected chi connectivity index (χ4v) is 3.10. The SMILES string of the molecule is COC(=O)c1ccc2c(c1)NC(=O)/C2=C\c1ccccc1SC. The molecule has 0 aliphatic carbocycles. The summed E-state index contributed by atoms with van der Waals surface area (Å²) in [7, 11) is 1.33. The summed E-state index contributed by atoms with van der Waals surface area (Å²) in [4.78, 5) is 25.0. The second kappa shape index (κ2) is 6.30. The Labute approximate surface area is 138 Å². The van der Waals surface area contributed by atoms with Crippen LogP contribution in [0.1, 0.15) is 21.5 Å². The molecule has 2 aromatic rings. The van der Waals surface area contributed by atoms with Gasteiger partial charge in [-0.15, -0.1) is 11.8 Å². The number of hydrogen-bond donors (Lipinski definition) is 1. The van der Waals surface area contributed by atoms with Gasteiger partial charge in [0, 0.05) is 21.7 Å². The van der Waals surface area contributed by atoms with Gasteiger partial charge in [-0.25, -0.2) is 4.79 Å². The minimum absolute atomic E-state index is 0.169. The Morgan fingerprint density at radius 1 is 1.22 bits per heavy atom. The number of fused-ring (bicyclic) bond motifs is 1. The predicted octanol–water partition coefficient (Wildman–Crippen LogP) is 3.69. The van der Waals surface area contributed by atoms with Gasteiger partial charge < -0.3 is 10.1 Å². The number of thioether (sulfide) groups is 1. The smallest absolute Gasteiger partial charge is 0.337 e. The van der Waals surface area contributed by atoms with Gasteiger partial charge in [-0.3, -0.25) is 4.79 Å². The van der Waals surface area contributed by atoms with Crippen molar-refractivity contribution in [1.29, 1.82) is 0 Å². The van der Waals surface area contributed by atoms with Crippen LogP contribution < -0.4 is 5.32 Å². The number of nitrogens with one attached hydrogen (secondary N) is 1. The quantitative estimate of drug-likeness (QED) is 0.531. The van der Waals surface area contributed by atoms with Gasteiger partial charge in [-0.1, -0.05) is 24.3 Å². The lowest BCUT2D eigenvalue weighted by Crippen LogP contribution is -2.04. The molecule has 0 bridgehead atoms. The van der Waals surface area contributed by atoms with Crippen molar-refractivity contribution in [3.8, 4) is 0 Å². The maximum absolute atomic E-state index is 12.3. The molecule has 0 atom stereocenters. The highest BCUT2D eigenvalue weighted by Gasteiger charge is 2.25. The summed E-state index contributed by atoms with van der Waals surface area (Å²) in [6, 6.07) is 13.0. The molecule has 0 saturated carbocycles. The average molecular weight is 325 g/mol. The van der Waals surface area contributed by atoms with Gasteiger partial charge in [-0.05, 0) is 36.1 Å². The standard InChI is InChI=1S/C18H15NO3S/c1-22-18(21)12-7-8-13-14(17(20)19-15(13)10-12)9-11-5-3-4-6-16(11)23-2/h3-10H,1-2H3,(H,19,20)/b14-9-. The van der Waals surface area contributed by atoms with Gasteiger partial charge in [0.1, 0.15) is 0 Å². The van der Waals surface area contributed by atoms with Crippen LogP contribution in [0.25, 0.3) is 11.6 Å². The van der Waals surface area contributed by atoms with Crippen LogP contribution in [0.4, 0.5) is 5.69 Å². The number of benzene rings is 2. The Hall–Kier alpha value is -2.53. The van der Waals surface area contributed by atoms with E-state index in [2.05, 4.69) is 5.32 Å². The maximum Gasteiger partial charge on any atom is 0.337 e. The van der Waals surface area contributed by atoms with Crippen LogP contribution in [0.15, 0.2) is 47.4 Å². The summed E-state index contributed by atoms with van der Waals surface area (Å²) in [5.41, 5.74) is 3.43. The average Bonchev–Trinajstić information content (AvgIpc) is 2.89. The molecule has 0 aromatic heterocycles. The first kappa shape index (κ1) is 15.4. The number of esters is 1. The Bertz CT molecular complexity index is 827.